The molecule has 0 aliphatic heterocycles. The Bertz CT molecular complexity index is 3340. The number of hydrogen-bond donors (Lipinski definition) is 0. The van der Waals surface area contributed by atoms with Crippen LogP contribution in [0.3, 0.4) is 0 Å². The molecular weight excluding hydrogens is 787 g/mol. The molecule has 0 radical (unpaired) electrons. The number of anilines is 3. The summed E-state index contributed by atoms with van der Waals surface area (Å²) in [6.07, 6.45) is 0. The van der Waals surface area contributed by atoms with Gasteiger partial charge in [-0.1, -0.05) is 224 Å². The molecule has 10 aromatic carbocycles. The van der Waals surface area contributed by atoms with E-state index in [2.05, 4.69) is 254 Å². The van der Waals surface area contributed by atoms with Gasteiger partial charge in [-0.3, -0.25) is 0 Å². The van der Waals surface area contributed by atoms with Crippen molar-refractivity contribution in [1.82, 2.24) is 9.97 Å². The fourth-order valence-electron chi connectivity index (χ4n) is 8.68. The average Bonchev–Trinajstić information content (AvgIpc) is 3.40. The molecule has 0 aliphatic rings. The first-order chi connectivity index (χ1) is 32.2. The highest BCUT2D eigenvalue weighted by molar-refractivity contribution is 5.99. The van der Waals surface area contributed by atoms with Crippen LogP contribution in [0.2, 0.25) is 0 Å². The molecule has 0 spiro atoms. The van der Waals surface area contributed by atoms with E-state index in [-0.39, 0.29) is 0 Å². The molecule has 3 nitrogen and oxygen atoms in total. The molecule has 0 N–H and O–H groups in total. The van der Waals surface area contributed by atoms with Crippen LogP contribution in [0.25, 0.3) is 89.2 Å². The van der Waals surface area contributed by atoms with E-state index in [1.54, 1.807) is 0 Å². The zero-order valence-electron chi connectivity index (χ0n) is 35.7. The molecule has 0 unspecified atom stereocenters. The first kappa shape index (κ1) is 39.2. The van der Waals surface area contributed by atoms with Crippen molar-refractivity contribution in [3.8, 4) is 78.4 Å². The van der Waals surface area contributed by atoms with Crippen LogP contribution in [0.5, 0.6) is 0 Å². The van der Waals surface area contributed by atoms with Gasteiger partial charge in [-0.15, -0.1) is 0 Å². The van der Waals surface area contributed by atoms with Crippen LogP contribution in [-0.4, -0.2) is 9.97 Å². The van der Waals surface area contributed by atoms with Crippen LogP contribution < -0.4 is 4.90 Å². The predicted octanol–water partition coefficient (Wildman–Crippen LogP) is 16.8. The van der Waals surface area contributed by atoms with Gasteiger partial charge in [0.2, 0.25) is 0 Å². The SMILES string of the molecule is c1ccc(-c2ccc(-c3ccc(N(c4ccc(-c5ccc(-c6nc(-c7ccccc7)cc(-c7ccc(-c8ccccc8)cc7)n6)cc5)cc4)c4cccc5ccccc45)cc3)cc2)cc1. The fraction of sp³-hybridized carbons (Fsp3) is 0. The Labute approximate surface area is 380 Å². The summed E-state index contributed by atoms with van der Waals surface area (Å²) in [5.41, 5.74) is 17.5. The van der Waals surface area contributed by atoms with Crippen LogP contribution in [0.4, 0.5) is 17.1 Å². The maximum Gasteiger partial charge on any atom is 0.160 e. The van der Waals surface area contributed by atoms with E-state index in [4.69, 9.17) is 9.97 Å². The highest BCUT2D eigenvalue weighted by atomic mass is 15.1. The maximum atomic E-state index is 5.14. The molecular formula is C62H43N3. The molecule has 306 valence electrons. The first-order valence-electron chi connectivity index (χ1n) is 22.1. The van der Waals surface area contributed by atoms with Crippen LogP contribution in [0, 0.1) is 0 Å². The van der Waals surface area contributed by atoms with Crippen molar-refractivity contribution in [3.63, 3.8) is 0 Å². The second-order valence-electron chi connectivity index (χ2n) is 16.2. The highest BCUT2D eigenvalue weighted by Gasteiger charge is 2.17. The van der Waals surface area contributed by atoms with Crippen molar-refractivity contribution < 1.29 is 0 Å². The van der Waals surface area contributed by atoms with Gasteiger partial charge in [-0.05, 0) is 86.3 Å². The summed E-state index contributed by atoms with van der Waals surface area (Å²) in [5, 5.41) is 2.40. The number of aromatic nitrogens is 2. The first-order valence-corrected chi connectivity index (χ1v) is 22.1. The second kappa shape index (κ2) is 17.6. The summed E-state index contributed by atoms with van der Waals surface area (Å²) in [7, 11) is 0. The number of nitrogens with zero attached hydrogens (tertiary/aromatic N) is 3. The van der Waals surface area contributed by atoms with E-state index >= 15 is 0 Å². The van der Waals surface area contributed by atoms with E-state index < -0.39 is 0 Å². The topological polar surface area (TPSA) is 29.0 Å². The Morgan fingerprint density at radius 1 is 0.246 bits per heavy atom. The van der Waals surface area contributed by atoms with Gasteiger partial charge in [0.1, 0.15) is 0 Å². The number of fused-ring (bicyclic) bond motifs is 1. The zero-order valence-corrected chi connectivity index (χ0v) is 35.7. The van der Waals surface area contributed by atoms with Crippen molar-refractivity contribution >= 4 is 27.8 Å². The zero-order chi connectivity index (χ0) is 43.4. The van der Waals surface area contributed by atoms with Crippen molar-refractivity contribution in [2.24, 2.45) is 0 Å². The third-order valence-electron chi connectivity index (χ3n) is 12.1. The van der Waals surface area contributed by atoms with Gasteiger partial charge < -0.3 is 4.90 Å². The molecule has 0 fully saturated rings. The number of rotatable bonds is 10. The van der Waals surface area contributed by atoms with Crippen molar-refractivity contribution in [2.45, 2.75) is 0 Å². The molecule has 11 rings (SSSR count). The van der Waals surface area contributed by atoms with Gasteiger partial charge >= 0.3 is 0 Å². The smallest absolute Gasteiger partial charge is 0.160 e. The molecule has 0 aliphatic carbocycles. The van der Waals surface area contributed by atoms with Gasteiger partial charge in [-0.2, -0.15) is 0 Å². The summed E-state index contributed by atoms with van der Waals surface area (Å²) in [4.78, 5) is 12.6. The van der Waals surface area contributed by atoms with Gasteiger partial charge in [0.25, 0.3) is 0 Å². The molecule has 0 amide bonds. The third-order valence-corrected chi connectivity index (χ3v) is 12.1. The van der Waals surface area contributed by atoms with E-state index in [0.717, 1.165) is 56.3 Å². The van der Waals surface area contributed by atoms with E-state index in [0.29, 0.717) is 5.82 Å². The second-order valence-corrected chi connectivity index (χ2v) is 16.2. The quantitative estimate of drug-likeness (QED) is 0.137. The van der Waals surface area contributed by atoms with E-state index in [1.807, 2.05) is 12.1 Å². The van der Waals surface area contributed by atoms with Gasteiger partial charge in [0.05, 0.1) is 17.1 Å². The molecule has 1 heterocycles. The average molecular weight is 830 g/mol. The Balaban J connectivity index is 0.897. The van der Waals surface area contributed by atoms with Crippen LogP contribution >= 0.6 is 0 Å². The van der Waals surface area contributed by atoms with E-state index in [1.165, 1.54) is 44.2 Å². The largest absolute Gasteiger partial charge is 0.310 e. The molecule has 1 aromatic heterocycles. The lowest BCUT2D eigenvalue weighted by Crippen LogP contribution is -2.10. The lowest BCUT2D eigenvalue weighted by atomic mass is 9.99. The lowest BCUT2D eigenvalue weighted by Gasteiger charge is -2.27. The minimum absolute atomic E-state index is 0.691. The summed E-state index contributed by atoms with van der Waals surface area (Å²) in [5.74, 6) is 0.691. The molecule has 0 saturated carbocycles. The highest BCUT2D eigenvalue weighted by Crippen LogP contribution is 2.41. The maximum absolute atomic E-state index is 5.14. The summed E-state index contributed by atoms with van der Waals surface area (Å²) < 4.78 is 0. The Hall–Kier alpha value is -8.66. The molecule has 0 bridgehead atoms. The molecule has 0 saturated heterocycles. The molecule has 11 aromatic rings. The molecule has 3 heteroatoms. The number of hydrogen-bond acceptors (Lipinski definition) is 3. The summed E-state index contributed by atoms with van der Waals surface area (Å²) in [6, 6.07) is 92.4. The minimum Gasteiger partial charge on any atom is -0.310 e. The standard InChI is InChI=1S/C62H43N3/c1-4-13-44(14-5-1)46-23-25-48(26-24-46)50-35-39-56(40-36-50)65(61-22-12-20-52-17-10-11-21-58(52)61)57-41-37-51(38-42-57)49-29-33-55(34-30-49)62-63-59(53-18-8-3-9-19-53)43-60(64-62)54-31-27-47(28-32-54)45-15-6-2-7-16-45/h1-43H. The van der Waals surface area contributed by atoms with Crippen molar-refractivity contribution in [3.05, 3.63) is 261 Å². The molecule has 65 heavy (non-hydrogen) atoms. The monoisotopic (exact) mass is 829 g/mol. The Kier molecular flexibility index (Phi) is 10.6. The van der Waals surface area contributed by atoms with Crippen molar-refractivity contribution in [2.75, 3.05) is 4.90 Å². The predicted molar refractivity (Wildman–Crippen MR) is 272 cm³/mol. The third kappa shape index (κ3) is 8.23. The lowest BCUT2D eigenvalue weighted by molar-refractivity contribution is 1.18. The van der Waals surface area contributed by atoms with Gasteiger partial charge in [0, 0.05) is 33.5 Å². The Morgan fingerprint density at radius 2 is 0.569 bits per heavy atom. The normalized spacial score (nSPS) is 11.1. The van der Waals surface area contributed by atoms with Crippen LogP contribution in [0.1, 0.15) is 0 Å². The van der Waals surface area contributed by atoms with Crippen molar-refractivity contribution in [1.29, 1.82) is 0 Å². The molecule has 0 atom stereocenters. The summed E-state index contributed by atoms with van der Waals surface area (Å²) >= 11 is 0. The Morgan fingerprint density at radius 3 is 1.03 bits per heavy atom. The number of benzene rings is 10. The minimum atomic E-state index is 0.691. The van der Waals surface area contributed by atoms with E-state index in [9.17, 15) is 0 Å². The fourth-order valence-corrected chi connectivity index (χ4v) is 8.68. The van der Waals surface area contributed by atoms with Gasteiger partial charge in [-0.25, -0.2) is 9.97 Å². The summed E-state index contributed by atoms with van der Waals surface area (Å²) in [6.45, 7) is 0. The van der Waals surface area contributed by atoms with Crippen LogP contribution in [0.15, 0.2) is 261 Å². The van der Waals surface area contributed by atoms with Crippen LogP contribution in [-0.2, 0) is 0 Å². The van der Waals surface area contributed by atoms with Gasteiger partial charge in [0.15, 0.2) is 5.82 Å².